The lowest BCUT2D eigenvalue weighted by molar-refractivity contribution is 0.477. The van der Waals surface area contributed by atoms with Crippen LogP contribution in [0, 0.1) is 0 Å². The molecule has 4 heteroatoms. The topological polar surface area (TPSA) is 48.1 Å². The lowest BCUT2D eigenvalue weighted by Crippen LogP contribution is -2.04. The Balaban J connectivity index is 2.23. The predicted molar refractivity (Wildman–Crippen MR) is 71.1 cm³/mol. The second-order valence-corrected chi connectivity index (χ2v) is 4.62. The number of nitrogens with two attached hydrogens (primary N) is 1. The van der Waals surface area contributed by atoms with Crippen LogP contribution in [0.4, 0.5) is 0 Å². The van der Waals surface area contributed by atoms with Gasteiger partial charge in [-0.2, -0.15) is 0 Å². The molecule has 0 aliphatic heterocycles. The van der Waals surface area contributed by atoms with E-state index in [-0.39, 0.29) is 6.04 Å². The molecule has 2 N–H and O–H groups in total. The molecule has 0 bridgehead atoms. The standard InChI is InChI=1S/C13H13BrN2O/c1-9(15)10-4-5-13(12(14)7-10)17-11-3-2-6-16-8-11/h2-9H,15H2,1H3/t9-/m0/s1. The smallest absolute Gasteiger partial charge is 0.145 e. The van der Waals surface area contributed by atoms with Crippen LogP contribution < -0.4 is 10.5 Å². The third-order valence-electron chi connectivity index (χ3n) is 2.34. The van der Waals surface area contributed by atoms with Gasteiger partial charge in [-0.05, 0) is 52.7 Å². The summed E-state index contributed by atoms with van der Waals surface area (Å²) in [6, 6.07) is 9.53. The van der Waals surface area contributed by atoms with E-state index in [4.69, 9.17) is 10.5 Å². The fraction of sp³-hybridized carbons (Fsp3) is 0.154. The molecular formula is C13H13BrN2O. The van der Waals surface area contributed by atoms with E-state index >= 15 is 0 Å². The Morgan fingerprint density at radius 3 is 2.76 bits per heavy atom. The largest absolute Gasteiger partial charge is 0.455 e. The molecule has 0 unspecified atom stereocenters. The van der Waals surface area contributed by atoms with Crippen LogP contribution in [0.1, 0.15) is 18.5 Å². The zero-order chi connectivity index (χ0) is 12.3. The zero-order valence-electron chi connectivity index (χ0n) is 9.43. The monoisotopic (exact) mass is 292 g/mol. The first-order chi connectivity index (χ1) is 8.16. The van der Waals surface area contributed by atoms with Crippen molar-refractivity contribution in [2.45, 2.75) is 13.0 Å². The highest BCUT2D eigenvalue weighted by Gasteiger charge is 2.06. The van der Waals surface area contributed by atoms with Crippen LogP contribution >= 0.6 is 15.9 Å². The minimum Gasteiger partial charge on any atom is -0.455 e. The Hall–Kier alpha value is -1.39. The Morgan fingerprint density at radius 1 is 1.35 bits per heavy atom. The van der Waals surface area contributed by atoms with Crippen molar-refractivity contribution in [3.8, 4) is 11.5 Å². The van der Waals surface area contributed by atoms with Crippen molar-refractivity contribution >= 4 is 15.9 Å². The molecular weight excluding hydrogens is 280 g/mol. The van der Waals surface area contributed by atoms with Crippen LogP contribution in [-0.2, 0) is 0 Å². The first-order valence-electron chi connectivity index (χ1n) is 5.30. The summed E-state index contributed by atoms with van der Waals surface area (Å²) in [6.07, 6.45) is 3.38. The maximum atomic E-state index is 5.81. The van der Waals surface area contributed by atoms with Gasteiger partial charge in [0, 0.05) is 12.2 Å². The fourth-order valence-electron chi connectivity index (χ4n) is 1.42. The summed E-state index contributed by atoms with van der Waals surface area (Å²) in [6.45, 7) is 1.95. The minimum atomic E-state index is 0.0127. The number of rotatable bonds is 3. The summed E-state index contributed by atoms with van der Waals surface area (Å²) in [4.78, 5) is 4.00. The van der Waals surface area contributed by atoms with Crippen LogP contribution in [0.25, 0.3) is 0 Å². The van der Waals surface area contributed by atoms with Crippen molar-refractivity contribution in [3.05, 3.63) is 52.8 Å². The van der Waals surface area contributed by atoms with Gasteiger partial charge >= 0.3 is 0 Å². The molecule has 0 saturated carbocycles. The quantitative estimate of drug-likeness (QED) is 0.939. The number of aromatic nitrogens is 1. The molecule has 2 aromatic rings. The Morgan fingerprint density at radius 2 is 2.18 bits per heavy atom. The lowest BCUT2D eigenvalue weighted by atomic mass is 10.1. The Bertz CT molecular complexity index is 500. The molecule has 0 amide bonds. The van der Waals surface area contributed by atoms with Gasteiger partial charge in [0.1, 0.15) is 11.5 Å². The second-order valence-electron chi connectivity index (χ2n) is 3.77. The number of nitrogens with zero attached hydrogens (tertiary/aromatic N) is 1. The van der Waals surface area contributed by atoms with E-state index < -0.39 is 0 Å². The van der Waals surface area contributed by atoms with Gasteiger partial charge in [-0.25, -0.2) is 0 Å². The highest BCUT2D eigenvalue weighted by molar-refractivity contribution is 9.10. The minimum absolute atomic E-state index is 0.0127. The van der Waals surface area contributed by atoms with E-state index in [1.54, 1.807) is 12.4 Å². The predicted octanol–water partition coefficient (Wildman–Crippen LogP) is 3.66. The van der Waals surface area contributed by atoms with Gasteiger partial charge in [-0.1, -0.05) is 6.07 Å². The molecule has 0 aliphatic carbocycles. The number of halogens is 1. The van der Waals surface area contributed by atoms with Crippen LogP contribution in [0.5, 0.6) is 11.5 Å². The molecule has 1 aromatic carbocycles. The van der Waals surface area contributed by atoms with Crippen molar-refractivity contribution in [2.24, 2.45) is 5.73 Å². The number of ether oxygens (including phenoxy) is 1. The van der Waals surface area contributed by atoms with Gasteiger partial charge in [-0.15, -0.1) is 0 Å². The first-order valence-corrected chi connectivity index (χ1v) is 6.09. The van der Waals surface area contributed by atoms with E-state index in [0.29, 0.717) is 5.75 Å². The molecule has 17 heavy (non-hydrogen) atoms. The maximum absolute atomic E-state index is 5.81. The summed E-state index contributed by atoms with van der Waals surface area (Å²) in [7, 11) is 0. The van der Waals surface area contributed by atoms with Crippen molar-refractivity contribution < 1.29 is 4.74 Å². The molecule has 0 fully saturated rings. The van der Waals surface area contributed by atoms with Crippen LogP contribution in [0.15, 0.2) is 47.2 Å². The van der Waals surface area contributed by atoms with Crippen LogP contribution in [0.2, 0.25) is 0 Å². The summed E-state index contributed by atoms with van der Waals surface area (Å²) in [5, 5.41) is 0. The summed E-state index contributed by atoms with van der Waals surface area (Å²) >= 11 is 3.47. The number of pyridine rings is 1. The Labute approximate surface area is 109 Å². The van der Waals surface area contributed by atoms with Crippen molar-refractivity contribution in [2.75, 3.05) is 0 Å². The number of hydrogen-bond acceptors (Lipinski definition) is 3. The molecule has 88 valence electrons. The highest BCUT2D eigenvalue weighted by atomic mass is 79.9. The van der Waals surface area contributed by atoms with Crippen LogP contribution in [0.3, 0.4) is 0 Å². The summed E-state index contributed by atoms with van der Waals surface area (Å²) < 4.78 is 6.58. The molecule has 0 radical (unpaired) electrons. The molecule has 0 spiro atoms. The van der Waals surface area contributed by atoms with Gasteiger partial charge in [0.15, 0.2) is 0 Å². The third kappa shape index (κ3) is 3.05. The van der Waals surface area contributed by atoms with Crippen molar-refractivity contribution in [1.82, 2.24) is 4.98 Å². The molecule has 3 nitrogen and oxygen atoms in total. The van der Waals surface area contributed by atoms with Gasteiger partial charge < -0.3 is 10.5 Å². The van der Waals surface area contributed by atoms with Crippen molar-refractivity contribution in [3.63, 3.8) is 0 Å². The average Bonchev–Trinajstić information content (AvgIpc) is 2.33. The van der Waals surface area contributed by atoms with E-state index in [0.717, 1.165) is 15.8 Å². The van der Waals surface area contributed by atoms with E-state index in [2.05, 4.69) is 20.9 Å². The lowest BCUT2D eigenvalue weighted by Gasteiger charge is -2.10. The number of hydrogen-bond donors (Lipinski definition) is 1. The molecule has 1 heterocycles. The normalized spacial score (nSPS) is 12.2. The highest BCUT2D eigenvalue weighted by Crippen LogP contribution is 2.31. The van der Waals surface area contributed by atoms with E-state index in [1.807, 2.05) is 37.3 Å². The first kappa shape index (κ1) is 12.1. The molecule has 2 rings (SSSR count). The fourth-order valence-corrected chi connectivity index (χ4v) is 1.89. The number of benzene rings is 1. The van der Waals surface area contributed by atoms with Crippen LogP contribution in [-0.4, -0.2) is 4.98 Å². The average molecular weight is 293 g/mol. The molecule has 1 aromatic heterocycles. The third-order valence-corrected chi connectivity index (χ3v) is 2.96. The van der Waals surface area contributed by atoms with Gasteiger partial charge in [0.25, 0.3) is 0 Å². The SMILES string of the molecule is C[C@H](N)c1ccc(Oc2cccnc2)c(Br)c1. The van der Waals surface area contributed by atoms with E-state index in [1.165, 1.54) is 0 Å². The molecule has 1 atom stereocenters. The van der Waals surface area contributed by atoms with Gasteiger partial charge in [0.2, 0.25) is 0 Å². The molecule has 0 saturated heterocycles. The zero-order valence-corrected chi connectivity index (χ0v) is 11.0. The van der Waals surface area contributed by atoms with Crippen molar-refractivity contribution in [1.29, 1.82) is 0 Å². The Kier molecular flexibility index (Phi) is 3.76. The van der Waals surface area contributed by atoms with Gasteiger partial charge in [0.05, 0.1) is 10.7 Å². The summed E-state index contributed by atoms with van der Waals surface area (Å²) in [5.74, 6) is 1.46. The molecule has 0 aliphatic rings. The maximum Gasteiger partial charge on any atom is 0.145 e. The second kappa shape index (κ2) is 5.29. The van der Waals surface area contributed by atoms with E-state index in [9.17, 15) is 0 Å². The summed E-state index contributed by atoms with van der Waals surface area (Å²) in [5.41, 5.74) is 6.88. The van der Waals surface area contributed by atoms with Gasteiger partial charge in [-0.3, -0.25) is 4.98 Å².